The number of carbonyl (C=O) groups excluding carboxylic acids is 1. The van der Waals surface area contributed by atoms with E-state index >= 15 is 0 Å². The van der Waals surface area contributed by atoms with Gasteiger partial charge in [0.15, 0.2) is 5.78 Å². The predicted octanol–water partition coefficient (Wildman–Crippen LogP) is 10.0. The number of nitrogens with zero attached hydrogens (tertiary/aromatic N) is 2. The summed E-state index contributed by atoms with van der Waals surface area (Å²) in [6, 6.07) is 0.245. The minimum Gasteiger partial charge on any atom is -0.393 e. The van der Waals surface area contributed by atoms with Gasteiger partial charge in [-0.05, 0) is 148 Å². The molecule has 8 aliphatic rings. The standard InChI is InChI=1S/C49H74N2O5S2/c1-31-37-21-34(49(56)39-23-42(53)40-24-43(54)44(55)27-48(40,33-12-6-5-7-13-33)36(39)14-18-46(37,49)4)28-57-58-29-35(51-20-19-50-30-51)26-45(2,3)38(22-41(31)52)32-11-10-17-47(25-32)15-8-9-16-47/h19-20,23,30-31,33-37,40-41,43-44,52,54-56H,5-18,21-22,24-29H2,1-4H3. The Labute approximate surface area is 356 Å². The van der Waals surface area contributed by atoms with Crippen molar-refractivity contribution in [1.82, 2.24) is 9.55 Å². The molecule has 9 heteroatoms. The molecule has 2 heterocycles. The first kappa shape index (κ1) is 42.2. The van der Waals surface area contributed by atoms with E-state index in [1.165, 1.54) is 56.9 Å². The van der Waals surface area contributed by atoms with Gasteiger partial charge in [0.05, 0.1) is 30.2 Å². The van der Waals surface area contributed by atoms with Gasteiger partial charge >= 0.3 is 0 Å². The molecule has 0 aromatic carbocycles. The zero-order valence-electron chi connectivity index (χ0n) is 36.0. The largest absolute Gasteiger partial charge is 0.393 e. The Balaban J connectivity index is 1.12. The number of aliphatic hydroxyl groups is 4. The van der Waals surface area contributed by atoms with E-state index in [-0.39, 0.29) is 46.8 Å². The lowest BCUT2D eigenvalue weighted by molar-refractivity contribution is -0.177. The van der Waals surface area contributed by atoms with E-state index in [1.807, 2.05) is 40.2 Å². The first-order valence-electron chi connectivity index (χ1n) is 23.7. The second-order valence-corrected chi connectivity index (χ2v) is 24.7. The van der Waals surface area contributed by atoms with Crippen LogP contribution >= 0.6 is 21.6 Å². The monoisotopic (exact) mass is 835 g/mol. The van der Waals surface area contributed by atoms with E-state index < -0.39 is 34.7 Å². The molecule has 6 saturated carbocycles. The molecule has 58 heavy (non-hydrogen) atoms. The zero-order chi connectivity index (χ0) is 40.7. The highest BCUT2D eigenvalue weighted by atomic mass is 33.1. The fourth-order valence-electron chi connectivity index (χ4n) is 16.1. The van der Waals surface area contributed by atoms with Crippen LogP contribution in [-0.4, -0.2) is 71.2 Å². The van der Waals surface area contributed by atoms with Crippen molar-refractivity contribution in [3.05, 3.63) is 41.5 Å². The SMILES string of the molecule is CC1C(O)CC(=C2CCCC3(CCCC3)C2)C(C)(C)CC(n2ccnc2)CSSCC2CC1C1(C)CCC3C(=CC(=O)C4CC(O)C(O)CC43C3CCCCC3)C21O. The van der Waals surface area contributed by atoms with Gasteiger partial charge in [-0.25, -0.2) is 4.98 Å². The number of hydrogen-bond donors (Lipinski definition) is 4. The van der Waals surface area contributed by atoms with E-state index in [9.17, 15) is 25.2 Å². The number of aliphatic hydroxyl groups excluding tert-OH is 3. The Morgan fingerprint density at radius 3 is 2.29 bits per heavy atom. The van der Waals surface area contributed by atoms with E-state index in [0.717, 1.165) is 74.9 Å². The maximum Gasteiger partial charge on any atom is 0.159 e. The van der Waals surface area contributed by atoms with Crippen LogP contribution < -0.4 is 0 Å². The van der Waals surface area contributed by atoms with Crippen molar-refractivity contribution in [2.75, 3.05) is 11.5 Å². The molecule has 1 saturated heterocycles. The lowest BCUT2D eigenvalue weighted by Gasteiger charge is -2.64. The van der Waals surface area contributed by atoms with Crippen LogP contribution in [-0.2, 0) is 4.79 Å². The van der Waals surface area contributed by atoms with Crippen LogP contribution in [0.5, 0.6) is 0 Å². The number of carbonyl (C=O) groups is 1. The van der Waals surface area contributed by atoms with Gasteiger partial charge in [-0.2, -0.15) is 0 Å². The molecule has 322 valence electrons. The lowest BCUT2D eigenvalue weighted by Crippen LogP contribution is -2.65. The smallest absolute Gasteiger partial charge is 0.159 e. The fourth-order valence-corrected chi connectivity index (χ4v) is 18.8. The number of allylic oxidation sites excluding steroid dienone is 2. The van der Waals surface area contributed by atoms with Gasteiger partial charge in [-0.3, -0.25) is 4.79 Å². The molecular formula is C49H74N2O5S2. The Morgan fingerprint density at radius 1 is 0.810 bits per heavy atom. The Morgan fingerprint density at radius 2 is 1.55 bits per heavy atom. The number of hydrogen-bond acceptors (Lipinski definition) is 8. The number of ketones is 1. The molecule has 12 unspecified atom stereocenters. The molecule has 1 aliphatic heterocycles. The predicted molar refractivity (Wildman–Crippen MR) is 235 cm³/mol. The Hall–Kier alpha value is -1.10. The van der Waals surface area contributed by atoms with E-state index in [0.29, 0.717) is 30.6 Å². The third-order valence-corrected chi connectivity index (χ3v) is 21.6. The molecule has 9 rings (SSSR count). The Kier molecular flexibility index (Phi) is 11.6. The summed E-state index contributed by atoms with van der Waals surface area (Å²) in [5.74, 6) is 1.81. The highest BCUT2D eigenvalue weighted by molar-refractivity contribution is 8.76. The average molecular weight is 835 g/mol. The van der Waals surface area contributed by atoms with E-state index in [4.69, 9.17) is 0 Å². The third-order valence-electron chi connectivity index (χ3n) is 19.0. The number of fused-ring (bicyclic) bond motifs is 9. The van der Waals surface area contributed by atoms with Crippen LogP contribution in [0.15, 0.2) is 41.5 Å². The molecule has 1 aromatic rings. The van der Waals surface area contributed by atoms with Crippen molar-refractivity contribution >= 4 is 27.4 Å². The number of rotatable bonds is 2. The van der Waals surface area contributed by atoms with Crippen molar-refractivity contribution < 1.29 is 25.2 Å². The molecule has 0 amide bonds. The van der Waals surface area contributed by atoms with Crippen molar-refractivity contribution in [1.29, 1.82) is 0 Å². The topological polar surface area (TPSA) is 116 Å². The summed E-state index contributed by atoms with van der Waals surface area (Å²) in [6.07, 6.45) is 26.5. The molecule has 7 nitrogen and oxygen atoms in total. The normalized spacial score (nSPS) is 46.2. The summed E-state index contributed by atoms with van der Waals surface area (Å²) in [4.78, 5) is 19.2. The summed E-state index contributed by atoms with van der Waals surface area (Å²) in [6.45, 7) is 9.50. The maximum atomic E-state index is 14.7. The second-order valence-electron chi connectivity index (χ2n) is 22.2. The van der Waals surface area contributed by atoms with Crippen LogP contribution in [0.4, 0.5) is 0 Å². The fraction of sp³-hybridized carbons (Fsp3) is 0.837. The minimum absolute atomic E-state index is 0.0108. The Bertz CT molecular complexity index is 1730. The molecule has 7 aliphatic carbocycles. The highest BCUT2D eigenvalue weighted by Gasteiger charge is 2.71. The van der Waals surface area contributed by atoms with Gasteiger partial charge < -0.3 is 25.0 Å². The first-order chi connectivity index (χ1) is 27.7. The average Bonchev–Trinajstić information content (AvgIpc) is 3.96. The van der Waals surface area contributed by atoms with Gasteiger partial charge in [0.1, 0.15) is 0 Å². The highest BCUT2D eigenvalue weighted by Crippen LogP contribution is 2.72. The molecule has 1 aromatic heterocycles. The van der Waals surface area contributed by atoms with E-state index in [1.54, 1.807) is 5.57 Å². The number of imidazole rings is 1. The quantitative estimate of drug-likeness (QED) is 0.172. The third kappa shape index (κ3) is 6.82. The van der Waals surface area contributed by atoms with Crippen LogP contribution in [0.3, 0.4) is 0 Å². The zero-order valence-corrected chi connectivity index (χ0v) is 37.7. The minimum atomic E-state index is -1.19. The molecule has 4 N–H and O–H groups in total. The van der Waals surface area contributed by atoms with Gasteiger partial charge in [0.2, 0.25) is 0 Å². The molecule has 2 bridgehead atoms. The van der Waals surface area contributed by atoms with Crippen molar-refractivity contribution in [2.45, 2.75) is 186 Å². The van der Waals surface area contributed by atoms with Gasteiger partial charge in [0, 0.05) is 47.2 Å². The van der Waals surface area contributed by atoms with E-state index in [2.05, 4.69) is 43.4 Å². The van der Waals surface area contributed by atoms with Gasteiger partial charge in [-0.15, -0.1) is 0 Å². The molecule has 7 fully saturated rings. The van der Waals surface area contributed by atoms with Gasteiger partial charge in [0.25, 0.3) is 0 Å². The lowest BCUT2D eigenvalue weighted by atomic mass is 9.41. The molecule has 0 radical (unpaired) electrons. The summed E-state index contributed by atoms with van der Waals surface area (Å²) >= 11 is 0. The van der Waals surface area contributed by atoms with Gasteiger partial charge in [-0.1, -0.05) is 92.5 Å². The van der Waals surface area contributed by atoms with Crippen molar-refractivity contribution in [3.8, 4) is 0 Å². The van der Waals surface area contributed by atoms with Crippen LogP contribution in [0.25, 0.3) is 0 Å². The van der Waals surface area contributed by atoms with Crippen LogP contribution in [0.2, 0.25) is 0 Å². The molecular weight excluding hydrogens is 761 g/mol. The van der Waals surface area contributed by atoms with Crippen LogP contribution in [0.1, 0.15) is 162 Å². The van der Waals surface area contributed by atoms with Crippen molar-refractivity contribution in [3.63, 3.8) is 0 Å². The molecule has 12 atom stereocenters. The number of aromatic nitrogens is 2. The van der Waals surface area contributed by atoms with Crippen LogP contribution in [0, 0.1) is 57.2 Å². The second kappa shape index (κ2) is 15.9. The summed E-state index contributed by atoms with van der Waals surface area (Å²) in [7, 11) is 3.82. The summed E-state index contributed by atoms with van der Waals surface area (Å²) < 4.78 is 2.30. The summed E-state index contributed by atoms with van der Waals surface area (Å²) in [5.41, 5.74) is 2.29. The first-order valence-corrected chi connectivity index (χ1v) is 26.2. The maximum absolute atomic E-state index is 14.7. The van der Waals surface area contributed by atoms with Crippen molar-refractivity contribution in [2.24, 2.45) is 57.2 Å². The molecule has 1 spiro atoms. The summed E-state index contributed by atoms with van der Waals surface area (Å²) in [5, 5.41) is 49.2.